The summed E-state index contributed by atoms with van der Waals surface area (Å²) in [6, 6.07) is 5.12. The van der Waals surface area contributed by atoms with Crippen molar-refractivity contribution in [3.63, 3.8) is 0 Å². The maximum absolute atomic E-state index is 12.1. The van der Waals surface area contributed by atoms with Gasteiger partial charge in [0.1, 0.15) is 0 Å². The molecule has 8 heteroatoms. The predicted octanol–water partition coefficient (Wildman–Crippen LogP) is 1.15. The molecule has 0 saturated carbocycles. The third-order valence-corrected chi connectivity index (χ3v) is 4.69. The smallest absolute Gasteiger partial charge is 0.243 e. The zero-order chi connectivity index (χ0) is 18.4. The van der Waals surface area contributed by atoms with Gasteiger partial charge in [-0.15, -0.1) is 0 Å². The van der Waals surface area contributed by atoms with Gasteiger partial charge in [0, 0.05) is 10.2 Å². The molecule has 25 heavy (non-hydrogen) atoms. The summed E-state index contributed by atoms with van der Waals surface area (Å²) < 4.78 is 0.932. The summed E-state index contributed by atoms with van der Waals surface area (Å²) in [4.78, 5) is 37.3. The molecule has 1 aromatic carbocycles. The Morgan fingerprint density at radius 2 is 2.04 bits per heavy atom. The van der Waals surface area contributed by atoms with E-state index < -0.39 is 11.9 Å². The van der Waals surface area contributed by atoms with E-state index >= 15 is 0 Å². The van der Waals surface area contributed by atoms with Gasteiger partial charge in [0.05, 0.1) is 19.1 Å². The first-order chi connectivity index (χ1) is 11.9. The fraction of sp³-hybridized carbons (Fsp3) is 0.471. The van der Waals surface area contributed by atoms with Gasteiger partial charge in [0.15, 0.2) is 0 Å². The van der Waals surface area contributed by atoms with E-state index in [0.717, 1.165) is 22.9 Å². The molecule has 0 aromatic heterocycles. The van der Waals surface area contributed by atoms with Gasteiger partial charge in [0.25, 0.3) is 0 Å². The number of hydrogen-bond donors (Lipinski definition) is 3. The molecule has 3 amide bonds. The van der Waals surface area contributed by atoms with Gasteiger partial charge in [-0.05, 0) is 50.1 Å². The quantitative estimate of drug-likeness (QED) is 0.653. The molecule has 1 unspecified atom stereocenters. The predicted molar refractivity (Wildman–Crippen MR) is 98.9 cm³/mol. The van der Waals surface area contributed by atoms with Crippen molar-refractivity contribution < 1.29 is 14.4 Å². The van der Waals surface area contributed by atoms with Gasteiger partial charge in [-0.2, -0.15) is 0 Å². The summed E-state index contributed by atoms with van der Waals surface area (Å²) in [7, 11) is 0. The van der Waals surface area contributed by atoms with Crippen LogP contribution in [0.4, 0.5) is 5.69 Å². The van der Waals surface area contributed by atoms with Gasteiger partial charge in [0.2, 0.25) is 17.7 Å². The van der Waals surface area contributed by atoms with E-state index in [0.29, 0.717) is 18.7 Å². The van der Waals surface area contributed by atoms with Crippen LogP contribution in [0.25, 0.3) is 0 Å². The SMILES string of the molecule is Cc1cc(Br)ccc1NC(=O)CNC(=O)CN1CCCCC1C(N)=O. The van der Waals surface area contributed by atoms with E-state index in [2.05, 4.69) is 26.6 Å². The third kappa shape index (κ3) is 5.82. The maximum Gasteiger partial charge on any atom is 0.243 e. The van der Waals surface area contributed by atoms with E-state index in [-0.39, 0.29) is 24.9 Å². The summed E-state index contributed by atoms with van der Waals surface area (Å²) >= 11 is 3.37. The van der Waals surface area contributed by atoms with Crippen LogP contribution in [0.5, 0.6) is 0 Å². The number of anilines is 1. The molecule has 0 bridgehead atoms. The number of nitrogens with one attached hydrogen (secondary N) is 2. The van der Waals surface area contributed by atoms with Crippen molar-refractivity contribution in [3.05, 3.63) is 28.2 Å². The van der Waals surface area contributed by atoms with Crippen molar-refractivity contribution in [2.24, 2.45) is 5.73 Å². The van der Waals surface area contributed by atoms with Crippen LogP contribution in [0.2, 0.25) is 0 Å². The number of primary amides is 1. The summed E-state index contributed by atoms with van der Waals surface area (Å²) in [5, 5.41) is 5.35. The van der Waals surface area contributed by atoms with Gasteiger partial charge in [-0.1, -0.05) is 22.4 Å². The average Bonchev–Trinajstić information content (AvgIpc) is 2.56. The molecule has 136 valence electrons. The maximum atomic E-state index is 12.1. The van der Waals surface area contributed by atoms with Crippen LogP contribution in [0, 0.1) is 6.92 Å². The summed E-state index contributed by atoms with van der Waals surface area (Å²) in [5.41, 5.74) is 7.01. The molecule has 1 aromatic rings. The zero-order valence-corrected chi connectivity index (χ0v) is 15.8. The lowest BCUT2D eigenvalue weighted by molar-refractivity contribution is -0.129. The Bertz CT molecular complexity index is 665. The van der Waals surface area contributed by atoms with E-state index in [1.54, 1.807) is 11.0 Å². The van der Waals surface area contributed by atoms with E-state index in [4.69, 9.17) is 5.73 Å². The number of amides is 3. The first-order valence-corrected chi connectivity index (χ1v) is 9.02. The number of rotatable bonds is 6. The van der Waals surface area contributed by atoms with Gasteiger partial charge < -0.3 is 16.4 Å². The first-order valence-electron chi connectivity index (χ1n) is 8.23. The number of hydrogen-bond acceptors (Lipinski definition) is 4. The Balaban J connectivity index is 1.80. The van der Waals surface area contributed by atoms with Crippen molar-refractivity contribution in [2.75, 3.05) is 25.0 Å². The van der Waals surface area contributed by atoms with Crippen molar-refractivity contribution in [1.82, 2.24) is 10.2 Å². The molecule has 1 aliphatic rings. The molecule has 1 aliphatic heterocycles. The van der Waals surface area contributed by atoms with Crippen LogP contribution in [0.1, 0.15) is 24.8 Å². The number of nitrogens with zero attached hydrogens (tertiary/aromatic N) is 1. The molecule has 0 spiro atoms. The number of carbonyl (C=O) groups is 3. The van der Waals surface area contributed by atoms with Crippen molar-refractivity contribution in [1.29, 1.82) is 0 Å². The van der Waals surface area contributed by atoms with E-state index in [1.807, 2.05) is 19.1 Å². The monoisotopic (exact) mass is 410 g/mol. The highest BCUT2D eigenvalue weighted by Crippen LogP contribution is 2.20. The molecular weight excluding hydrogens is 388 g/mol. The molecule has 1 atom stereocenters. The van der Waals surface area contributed by atoms with Crippen LogP contribution in [0.3, 0.4) is 0 Å². The minimum atomic E-state index is -0.407. The second kappa shape index (κ2) is 8.96. The number of carbonyl (C=O) groups excluding carboxylic acids is 3. The fourth-order valence-electron chi connectivity index (χ4n) is 2.88. The van der Waals surface area contributed by atoms with Crippen LogP contribution in [-0.2, 0) is 14.4 Å². The Morgan fingerprint density at radius 3 is 2.72 bits per heavy atom. The fourth-order valence-corrected chi connectivity index (χ4v) is 3.36. The van der Waals surface area contributed by atoms with Crippen LogP contribution >= 0.6 is 15.9 Å². The highest BCUT2D eigenvalue weighted by molar-refractivity contribution is 9.10. The van der Waals surface area contributed by atoms with Crippen molar-refractivity contribution in [2.45, 2.75) is 32.2 Å². The molecule has 2 rings (SSSR count). The second-order valence-electron chi connectivity index (χ2n) is 6.17. The van der Waals surface area contributed by atoms with Gasteiger partial charge in [-0.25, -0.2) is 0 Å². The van der Waals surface area contributed by atoms with Crippen LogP contribution < -0.4 is 16.4 Å². The van der Waals surface area contributed by atoms with Crippen molar-refractivity contribution in [3.8, 4) is 0 Å². The summed E-state index contributed by atoms with van der Waals surface area (Å²) in [6.07, 6.45) is 2.53. The molecule has 1 heterocycles. The van der Waals surface area contributed by atoms with Gasteiger partial charge in [-0.3, -0.25) is 19.3 Å². The summed E-state index contributed by atoms with van der Waals surface area (Å²) in [5.74, 6) is -1.00. The highest BCUT2D eigenvalue weighted by atomic mass is 79.9. The number of benzene rings is 1. The average molecular weight is 411 g/mol. The van der Waals surface area contributed by atoms with Crippen LogP contribution in [0.15, 0.2) is 22.7 Å². The lowest BCUT2D eigenvalue weighted by Gasteiger charge is -2.32. The summed E-state index contributed by atoms with van der Waals surface area (Å²) in [6.45, 7) is 2.49. The molecule has 1 saturated heterocycles. The number of aryl methyl sites for hydroxylation is 1. The molecular formula is C17H23BrN4O3. The Hall–Kier alpha value is -1.93. The second-order valence-corrected chi connectivity index (χ2v) is 7.08. The minimum Gasteiger partial charge on any atom is -0.368 e. The van der Waals surface area contributed by atoms with E-state index in [1.165, 1.54) is 0 Å². The zero-order valence-electron chi connectivity index (χ0n) is 14.2. The van der Waals surface area contributed by atoms with Crippen molar-refractivity contribution >= 4 is 39.3 Å². The highest BCUT2D eigenvalue weighted by Gasteiger charge is 2.28. The van der Waals surface area contributed by atoms with Gasteiger partial charge >= 0.3 is 0 Å². The number of halogens is 1. The topological polar surface area (TPSA) is 105 Å². The standard InChI is InChI=1S/C17H23BrN4O3/c1-11-8-12(18)5-6-13(11)21-15(23)9-20-16(24)10-22-7-3-2-4-14(22)17(19)25/h5-6,8,14H,2-4,7,9-10H2,1H3,(H2,19,25)(H,20,24)(H,21,23). The largest absolute Gasteiger partial charge is 0.368 e. The number of nitrogens with two attached hydrogens (primary N) is 1. The lowest BCUT2D eigenvalue weighted by atomic mass is 10.0. The Kier molecular flexibility index (Phi) is 6.95. The molecule has 0 radical (unpaired) electrons. The molecule has 4 N–H and O–H groups in total. The van der Waals surface area contributed by atoms with E-state index in [9.17, 15) is 14.4 Å². The van der Waals surface area contributed by atoms with Crippen LogP contribution in [-0.4, -0.2) is 48.3 Å². The minimum absolute atomic E-state index is 0.0677. The number of likely N-dealkylation sites (tertiary alicyclic amines) is 1. The third-order valence-electron chi connectivity index (χ3n) is 4.20. The Labute approximate surface area is 155 Å². The molecule has 0 aliphatic carbocycles. The number of piperidine rings is 1. The molecule has 1 fully saturated rings. The Morgan fingerprint density at radius 1 is 1.28 bits per heavy atom. The lowest BCUT2D eigenvalue weighted by Crippen LogP contribution is -2.51. The molecule has 7 nitrogen and oxygen atoms in total. The first kappa shape index (κ1) is 19.4. The normalized spacial score (nSPS) is 17.8.